The highest BCUT2D eigenvalue weighted by atomic mass is 16.3. The Bertz CT molecular complexity index is 787. The fourth-order valence-electron chi connectivity index (χ4n) is 3.72. The van der Waals surface area contributed by atoms with Crippen LogP contribution in [0.4, 0.5) is 4.79 Å². The number of aliphatic hydroxyl groups excluding tert-OH is 1. The van der Waals surface area contributed by atoms with Crippen molar-refractivity contribution < 1.29 is 9.90 Å². The molecule has 0 saturated heterocycles. The molecule has 1 fully saturated rings. The molecule has 2 amide bonds. The second-order valence-corrected chi connectivity index (χ2v) is 8.15. The van der Waals surface area contributed by atoms with Crippen LogP contribution >= 0.6 is 0 Å². The SMILES string of the molecule is CC(C)NC(=O)N[C@@H]1C[C@@H](c2nc(-c3ccccc3)nn2C(C)C)CC[C@H]1O. The van der Waals surface area contributed by atoms with E-state index in [1.54, 1.807) is 0 Å². The molecule has 3 atom stereocenters. The molecular formula is C21H31N5O2. The average molecular weight is 386 g/mol. The van der Waals surface area contributed by atoms with Crippen molar-refractivity contribution in [2.24, 2.45) is 0 Å². The van der Waals surface area contributed by atoms with Crippen LogP contribution in [-0.4, -0.2) is 44.1 Å². The average Bonchev–Trinajstić information content (AvgIpc) is 3.09. The Morgan fingerprint density at radius 1 is 1.18 bits per heavy atom. The first-order valence-corrected chi connectivity index (χ1v) is 10.1. The standard InChI is InChI=1S/C21H31N5O2/c1-13(2)22-21(28)23-17-12-16(10-11-18(17)27)20-24-19(25-26(20)14(3)4)15-8-6-5-7-9-15/h5-9,13-14,16-18,27H,10-12H2,1-4H3,(H2,22,23,28)/t16-,17+,18+/m0/s1. The first kappa shape index (κ1) is 20.3. The van der Waals surface area contributed by atoms with Crippen molar-refractivity contribution in [2.75, 3.05) is 0 Å². The summed E-state index contributed by atoms with van der Waals surface area (Å²) in [5, 5.41) is 20.9. The van der Waals surface area contributed by atoms with Gasteiger partial charge < -0.3 is 15.7 Å². The maximum atomic E-state index is 12.1. The van der Waals surface area contributed by atoms with Crippen molar-refractivity contribution in [3.05, 3.63) is 36.2 Å². The van der Waals surface area contributed by atoms with Gasteiger partial charge in [0.2, 0.25) is 0 Å². The molecule has 0 bridgehead atoms. The van der Waals surface area contributed by atoms with Crippen molar-refractivity contribution in [3.63, 3.8) is 0 Å². The molecule has 1 heterocycles. The molecule has 0 unspecified atom stereocenters. The quantitative estimate of drug-likeness (QED) is 0.737. The number of carbonyl (C=O) groups excluding carboxylic acids is 1. The molecule has 1 aliphatic rings. The highest BCUT2D eigenvalue weighted by Crippen LogP contribution is 2.34. The molecule has 3 rings (SSSR count). The van der Waals surface area contributed by atoms with Gasteiger partial charge in [-0.3, -0.25) is 0 Å². The number of urea groups is 1. The summed E-state index contributed by atoms with van der Waals surface area (Å²) in [4.78, 5) is 17.0. The zero-order valence-corrected chi connectivity index (χ0v) is 17.1. The highest BCUT2D eigenvalue weighted by Gasteiger charge is 2.34. The molecule has 28 heavy (non-hydrogen) atoms. The zero-order valence-electron chi connectivity index (χ0n) is 17.1. The van der Waals surface area contributed by atoms with Gasteiger partial charge in [-0.2, -0.15) is 5.10 Å². The summed E-state index contributed by atoms with van der Waals surface area (Å²) in [6.45, 7) is 8.01. The van der Waals surface area contributed by atoms with E-state index in [1.807, 2.05) is 48.9 Å². The number of rotatable bonds is 5. The molecule has 7 nitrogen and oxygen atoms in total. The number of nitrogens with zero attached hydrogens (tertiary/aromatic N) is 3. The molecule has 0 spiro atoms. The molecule has 1 saturated carbocycles. The monoisotopic (exact) mass is 385 g/mol. The van der Waals surface area contributed by atoms with Crippen molar-refractivity contribution in [2.45, 2.75) is 77.1 Å². The lowest BCUT2D eigenvalue weighted by Crippen LogP contribution is -2.51. The Labute approximate surface area is 166 Å². The van der Waals surface area contributed by atoms with Crippen LogP contribution in [0.25, 0.3) is 11.4 Å². The summed E-state index contributed by atoms with van der Waals surface area (Å²) in [5.41, 5.74) is 0.991. The van der Waals surface area contributed by atoms with Gasteiger partial charge in [-0.25, -0.2) is 14.5 Å². The lowest BCUT2D eigenvalue weighted by atomic mass is 9.83. The summed E-state index contributed by atoms with van der Waals surface area (Å²) in [5.74, 6) is 1.79. The van der Waals surface area contributed by atoms with E-state index in [4.69, 9.17) is 10.1 Å². The van der Waals surface area contributed by atoms with Gasteiger partial charge in [-0.15, -0.1) is 0 Å². The van der Waals surface area contributed by atoms with Crippen molar-refractivity contribution in [1.29, 1.82) is 0 Å². The molecule has 152 valence electrons. The van der Waals surface area contributed by atoms with E-state index in [9.17, 15) is 9.90 Å². The van der Waals surface area contributed by atoms with Crippen molar-refractivity contribution >= 4 is 6.03 Å². The van der Waals surface area contributed by atoms with E-state index >= 15 is 0 Å². The second kappa shape index (κ2) is 8.73. The molecule has 1 aliphatic carbocycles. The van der Waals surface area contributed by atoms with Gasteiger partial charge in [0.25, 0.3) is 0 Å². The Kier molecular flexibility index (Phi) is 6.34. The smallest absolute Gasteiger partial charge is 0.315 e. The van der Waals surface area contributed by atoms with Crippen molar-refractivity contribution in [1.82, 2.24) is 25.4 Å². The molecule has 3 N–H and O–H groups in total. The third-order valence-corrected chi connectivity index (χ3v) is 5.09. The van der Waals surface area contributed by atoms with Gasteiger partial charge in [0, 0.05) is 23.6 Å². The Morgan fingerprint density at radius 2 is 1.89 bits per heavy atom. The van der Waals surface area contributed by atoms with Crippen LogP contribution in [0.3, 0.4) is 0 Å². The van der Waals surface area contributed by atoms with E-state index in [0.29, 0.717) is 12.8 Å². The van der Waals surface area contributed by atoms with Crippen molar-refractivity contribution in [3.8, 4) is 11.4 Å². The normalized spacial score (nSPS) is 22.5. The summed E-state index contributed by atoms with van der Waals surface area (Å²) in [6.07, 6.45) is 1.55. The number of carbonyl (C=O) groups is 1. The summed E-state index contributed by atoms with van der Waals surface area (Å²) in [7, 11) is 0. The summed E-state index contributed by atoms with van der Waals surface area (Å²) in [6, 6.07) is 9.65. The van der Waals surface area contributed by atoms with Gasteiger partial charge in [-0.1, -0.05) is 30.3 Å². The minimum atomic E-state index is -0.543. The van der Waals surface area contributed by atoms with Crippen LogP contribution in [0.5, 0.6) is 0 Å². The predicted molar refractivity (Wildman–Crippen MR) is 109 cm³/mol. The fourth-order valence-corrected chi connectivity index (χ4v) is 3.72. The van der Waals surface area contributed by atoms with Crippen LogP contribution in [-0.2, 0) is 0 Å². The molecule has 0 radical (unpaired) electrons. The Hall–Kier alpha value is -2.41. The minimum absolute atomic E-state index is 0.0500. The van der Waals surface area contributed by atoms with Gasteiger partial charge in [0.1, 0.15) is 5.82 Å². The highest BCUT2D eigenvalue weighted by molar-refractivity contribution is 5.74. The maximum Gasteiger partial charge on any atom is 0.315 e. The van der Waals surface area contributed by atoms with Crippen LogP contribution in [0.1, 0.15) is 64.7 Å². The number of aromatic nitrogens is 3. The number of hydrogen-bond acceptors (Lipinski definition) is 4. The fraction of sp³-hybridized carbons (Fsp3) is 0.571. The van der Waals surface area contributed by atoms with Crippen LogP contribution < -0.4 is 10.6 Å². The minimum Gasteiger partial charge on any atom is -0.391 e. The van der Waals surface area contributed by atoms with Crippen LogP contribution in [0.15, 0.2) is 30.3 Å². The number of nitrogens with one attached hydrogen (secondary N) is 2. The summed E-state index contributed by atoms with van der Waals surface area (Å²) < 4.78 is 1.98. The van der Waals surface area contributed by atoms with Gasteiger partial charge in [0.05, 0.1) is 12.1 Å². The molecule has 0 aliphatic heterocycles. The number of hydrogen-bond donors (Lipinski definition) is 3. The lowest BCUT2D eigenvalue weighted by Gasteiger charge is -2.33. The van der Waals surface area contributed by atoms with E-state index in [0.717, 1.165) is 23.6 Å². The third-order valence-electron chi connectivity index (χ3n) is 5.09. The first-order valence-electron chi connectivity index (χ1n) is 10.1. The number of aliphatic hydroxyl groups is 1. The second-order valence-electron chi connectivity index (χ2n) is 8.15. The largest absolute Gasteiger partial charge is 0.391 e. The van der Waals surface area contributed by atoms with E-state index in [2.05, 4.69) is 24.5 Å². The van der Waals surface area contributed by atoms with E-state index in [-0.39, 0.29) is 30.1 Å². The molecule has 1 aromatic heterocycles. The van der Waals surface area contributed by atoms with E-state index < -0.39 is 6.10 Å². The van der Waals surface area contributed by atoms with Gasteiger partial charge in [0.15, 0.2) is 5.82 Å². The molecule has 2 aromatic rings. The van der Waals surface area contributed by atoms with E-state index in [1.165, 1.54) is 0 Å². The maximum absolute atomic E-state index is 12.1. The third kappa shape index (κ3) is 4.70. The Morgan fingerprint density at radius 3 is 2.54 bits per heavy atom. The first-order chi connectivity index (χ1) is 13.3. The zero-order chi connectivity index (χ0) is 20.3. The number of benzene rings is 1. The van der Waals surface area contributed by atoms with Crippen LogP contribution in [0.2, 0.25) is 0 Å². The topological polar surface area (TPSA) is 92.1 Å². The molecule has 7 heteroatoms. The van der Waals surface area contributed by atoms with Gasteiger partial charge in [-0.05, 0) is 47.0 Å². The molecular weight excluding hydrogens is 354 g/mol. The summed E-state index contributed by atoms with van der Waals surface area (Å²) >= 11 is 0. The number of amides is 2. The van der Waals surface area contributed by atoms with Crippen LogP contribution in [0, 0.1) is 0 Å². The lowest BCUT2D eigenvalue weighted by molar-refractivity contribution is 0.0846. The molecule has 1 aromatic carbocycles. The Balaban J connectivity index is 1.82. The van der Waals surface area contributed by atoms with Gasteiger partial charge >= 0.3 is 6.03 Å². The predicted octanol–water partition coefficient (Wildman–Crippen LogP) is 3.23.